The lowest BCUT2D eigenvalue weighted by Crippen LogP contribution is -2.30. The van der Waals surface area contributed by atoms with E-state index in [1.165, 1.54) is 13.1 Å². The van der Waals surface area contributed by atoms with Gasteiger partial charge in [0.05, 0.1) is 6.20 Å². The molecule has 1 N–H and O–H groups in total. The third-order valence-electron chi connectivity index (χ3n) is 3.43. The molecule has 0 aliphatic heterocycles. The number of hydrogen-bond acceptors (Lipinski definition) is 4. The Morgan fingerprint density at radius 3 is 2.41 bits per heavy atom. The summed E-state index contributed by atoms with van der Waals surface area (Å²) in [5, 5.41) is 6.69. The number of esters is 1. The predicted molar refractivity (Wildman–Crippen MR) is 82.6 cm³/mol. The fraction of sp³-hybridized carbons (Fsp3) is 0.312. The molecular weight excluding hydrogens is 282 g/mol. The molecule has 0 fully saturated rings. The lowest BCUT2D eigenvalue weighted by Gasteiger charge is -2.13. The van der Waals surface area contributed by atoms with Gasteiger partial charge in [0.2, 0.25) is 0 Å². The molecule has 22 heavy (non-hydrogen) atoms. The Morgan fingerprint density at radius 1 is 1.23 bits per heavy atom. The number of amides is 1. The number of carbonyl (C=O) groups excluding carboxylic acids is 2. The van der Waals surface area contributed by atoms with Gasteiger partial charge in [0.15, 0.2) is 6.10 Å². The Bertz CT molecular complexity index is 689. The average molecular weight is 301 g/mol. The molecule has 0 spiro atoms. The normalized spacial score (nSPS) is 11.8. The summed E-state index contributed by atoms with van der Waals surface area (Å²) in [6.45, 7) is 5.26. The van der Waals surface area contributed by atoms with Crippen LogP contribution >= 0.6 is 0 Å². The molecule has 0 aliphatic rings. The standard InChI is InChI=1S/C16H19N3O3/c1-10-5-7-13(8-6-10)18-15(20)12(3)22-16(21)14-9-17-19(4)11(14)2/h5-9,12H,1-4H3,(H,18,20). The maximum absolute atomic E-state index is 12.0. The second-order valence-electron chi connectivity index (χ2n) is 5.17. The number of nitrogens with one attached hydrogen (secondary N) is 1. The Morgan fingerprint density at radius 2 is 1.86 bits per heavy atom. The summed E-state index contributed by atoms with van der Waals surface area (Å²) in [4.78, 5) is 24.1. The van der Waals surface area contributed by atoms with Crippen LogP contribution in [0.2, 0.25) is 0 Å². The minimum Gasteiger partial charge on any atom is -0.449 e. The molecule has 0 radical (unpaired) electrons. The molecule has 1 atom stereocenters. The van der Waals surface area contributed by atoms with Gasteiger partial charge in [-0.3, -0.25) is 9.48 Å². The van der Waals surface area contributed by atoms with Gasteiger partial charge in [0, 0.05) is 18.4 Å². The van der Waals surface area contributed by atoms with Crippen molar-refractivity contribution in [2.24, 2.45) is 7.05 Å². The van der Waals surface area contributed by atoms with Gasteiger partial charge in [-0.1, -0.05) is 17.7 Å². The molecule has 0 bridgehead atoms. The van der Waals surface area contributed by atoms with Crippen LogP contribution < -0.4 is 5.32 Å². The lowest BCUT2D eigenvalue weighted by molar-refractivity contribution is -0.123. The van der Waals surface area contributed by atoms with Crippen molar-refractivity contribution in [3.8, 4) is 0 Å². The number of nitrogens with zero attached hydrogens (tertiary/aromatic N) is 2. The van der Waals surface area contributed by atoms with Crippen molar-refractivity contribution >= 4 is 17.6 Å². The zero-order valence-corrected chi connectivity index (χ0v) is 13.1. The van der Waals surface area contributed by atoms with Crippen LogP contribution in [0.25, 0.3) is 0 Å². The van der Waals surface area contributed by atoms with Gasteiger partial charge in [-0.25, -0.2) is 4.79 Å². The van der Waals surface area contributed by atoms with Crippen molar-refractivity contribution in [3.05, 3.63) is 47.3 Å². The van der Waals surface area contributed by atoms with E-state index in [0.717, 1.165) is 5.56 Å². The van der Waals surface area contributed by atoms with Gasteiger partial charge in [-0.15, -0.1) is 0 Å². The van der Waals surface area contributed by atoms with Crippen LogP contribution in [0.1, 0.15) is 28.5 Å². The molecule has 116 valence electrons. The van der Waals surface area contributed by atoms with Gasteiger partial charge in [0.1, 0.15) is 5.56 Å². The van der Waals surface area contributed by atoms with Gasteiger partial charge in [-0.05, 0) is 32.9 Å². The van der Waals surface area contributed by atoms with Crippen molar-refractivity contribution in [2.75, 3.05) is 5.32 Å². The smallest absolute Gasteiger partial charge is 0.342 e. The van der Waals surface area contributed by atoms with Crippen LogP contribution in [0.3, 0.4) is 0 Å². The highest BCUT2D eigenvalue weighted by atomic mass is 16.5. The molecule has 0 saturated carbocycles. The third-order valence-corrected chi connectivity index (χ3v) is 3.43. The van der Waals surface area contributed by atoms with E-state index in [9.17, 15) is 9.59 Å². The molecule has 2 rings (SSSR count). The number of aromatic nitrogens is 2. The number of rotatable bonds is 4. The highest BCUT2D eigenvalue weighted by molar-refractivity contribution is 5.97. The first-order valence-electron chi connectivity index (χ1n) is 6.95. The number of ether oxygens (including phenoxy) is 1. The maximum atomic E-state index is 12.0. The summed E-state index contributed by atoms with van der Waals surface area (Å²) in [6.07, 6.45) is 0.538. The summed E-state index contributed by atoms with van der Waals surface area (Å²) >= 11 is 0. The van der Waals surface area contributed by atoms with E-state index < -0.39 is 12.1 Å². The zero-order valence-electron chi connectivity index (χ0n) is 13.1. The van der Waals surface area contributed by atoms with E-state index in [2.05, 4.69) is 10.4 Å². The number of benzene rings is 1. The Kier molecular flexibility index (Phi) is 4.60. The van der Waals surface area contributed by atoms with Crippen LogP contribution in [0.5, 0.6) is 0 Å². The monoisotopic (exact) mass is 301 g/mol. The van der Waals surface area contributed by atoms with Crippen molar-refractivity contribution in [1.29, 1.82) is 0 Å². The van der Waals surface area contributed by atoms with Gasteiger partial charge in [-0.2, -0.15) is 5.10 Å². The summed E-state index contributed by atoms with van der Waals surface area (Å²) in [5.41, 5.74) is 2.81. The number of anilines is 1. The highest BCUT2D eigenvalue weighted by Crippen LogP contribution is 2.12. The van der Waals surface area contributed by atoms with Crippen LogP contribution in [-0.4, -0.2) is 27.8 Å². The molecule has 1 unspecified atom stereocenters. The van der Waals surface area contributed by atoms with Crippen LogP contribution in [0, 0.1) is 13.8 Å². The van der Waals surface area contributed by atoms with E-state index in [-0.39, 0.29) is 5.91 Å². The summed E-state index contributed by atoms with van der Waals surface area (Å²) in [7, 11) is 1.74. The Labute approximate surface area is 129 Å². The Balaban J connectivity index is 1.97. The quantitative estimate of drug-likeness (QED) is 0.879. The lowest BCUT2D eigenvalue weighted by atomic mass is 10.2. The van der Waals surface area contributed by atoms with Crippen molar-refractivity contribution in [1.82, 2.24) is 9.78 Å². The van der Waals surface area contributed by atoms with Gasteiger partial charge in [0.25, 0.3) is 5.91 Å². The van der Waals surface area contributed by atoms with Crippen LogP contribution in [-0.2, 0) is 16.6 Å². The molecule has 1 amide bonds. The third kappa shape index (κ3) is 3.52. The molecule has 2 aromatic rings. The topological polar surface area (TPSA) is 73.2 Å². The van der Waals surface area contributed by atoms with Gasteiger partial charge >= 0.3 is 5.97 Å². The summed E-state index contributed by atoms with van der Waals surface area (Å²) in [6, 6.07) is 7.39. The van der Waals surface area contributed by atoms with Crippen molar-refractivity contribution in [3.63, 3.8) is 0 Å². The van der Waals surface area contributed by atoms with E-state index in [4.69, 9.17) is 4.74 Å². The number of aryl methyl sites for hydroxylation is 2. The van der Waals surface area contributed by atoms with E-state index in [1.54, 1.807) is 30.8 Å². The zero-order chi connectivity index (χ0) is 16.3. The second kappa shape index (κ2) is 6.43. The first-order valence-corrected chi connectivity index (χ1v) is 6.95. The summed E-state index contributed by atoms with van der Waals surface area (Å²) in [5.74, 6) is -0.934. The largest absolute Gasteiger partial charge is 0.449 e. The SMILES string of the molecule is Cc1ccc(NC(=O)C(C)OC(=O)c2cnn(C)c2C)cc1. The fourth-order valence-corrected chi connectivity index (χ4v) is 1.86. The molecule has 1 aromatic heterocycles. The average Bonchev–Trinajstić information content (AvgIpc) is 2.81. The van der Waals surface area contributed by atoms with Crippen molar-refractivity contribution < 1.29 is 14.3 Å². The van der Waals surface area contributed by atoms with E-state index in [1.807, 2.05) is 19.1 Å². The van der Waals surface area contributed by atoms with Crippen LogP contribution in [0.4, 0.5) is 5.69 Å². The first kappa shape index (κ1) is 15.8. The second-order valence-corrected chi connectivity index (χ2v) is 5.17. The molecule has 0 saturated heterocycles. The molecule has 6 heteroatoms. The number of carbonyl (C=O) groups is 2. The predicted octanol–water partition coefficient (Wildman–Crippen LogP) is 2.22. The highest BCUT2D eigenvalue weighted by Gasteiger charge is 2.21. The minimum atomic E-state index is -0.895. The van der Waals surface area contributed by atoms with E-state index in [0.29, 0.717) is 16.9 Å². The molecule has 0 aliphatic carbocycles. The van der Waals surface area contributed by atoms with Crippen LogP contribution in [0.15, 0.2) is 30.5 Å². The molecule has 1 heterocycles. The molecular formula is C16H19N3O3. The first-order chi connectivity index (χ1) is 10.4. The minimum absolute atomic E-state index is 0.359. The number of hydrogen-bond donors (Lipinski definition) is 1. The molecule has 1 aromatic carbocycles. The van der Waals surface area contributed by atoms with Gasteiger partial charge < -0.3 is 10.1 Å². The maximum Gasteiger partial charge on any atom is 0.342 e. The van der Waals surface area contributed by atoms with E-state index >= 15 is 0 Å². The Hall–Kier alpha value is -2.63. The summed E-state index contributed by atoms with van der Waals surface area (Å²) < 4.78 is 6.76. The van der Waals surface area contributed by atoms with Crippen molar-refractivity contribution in [2.45, 2.75) is 26.9 Å². The fourth-order valence-electron chi connectivity index (χ4n) is 1.86. The molecule has 6 nitrogen and oxygen atoms in total.